The molecule has 0 aliphatic carbocycles. The van der Waals surface area contributed by atoms with E-state index in [0.29, 0.717) is 64.2 Å². The smallest absolute Gasteiger partial charge is 0.308 e. The Balaban J connectivity index is 0.715. The zero-order valence-electron chi connectivity index (χ0n) is 45.6. The SMILES string of the molecule is C=C1CC2CC[C@@]34C[C@H]5OC6C(O[C@H]7CCC(CC(=O)O[C@@H]8CC9OC(C(C=O)CC%10CCC[C@@]%11(C[C@H](C)[C@@H]%12O[C@H](CC(=O)OC)CC[C@@H]%12O%11)O%10)[C@H](OC)C[C@@H]9OC8CC8OC(CCC1O2)C[C@@H](C)C8=C)O[C@@H]7[C@@H]6O3)[C@@H]5O4. The standard InChI is InChI=1S/C59H84O18/c1-29-18-34-9-12-39-30(2)19-37(65-39)15-17-59-27-48-54(76-59)55-56(73-48)57(77-59)53-40(71-55)13-10-36(68-53)22-50(62)70-45-24-46-44(69-43(45)23-42(66-34)32(29)4)25-47(63-5)52(72-46)33(28-60)20-38-8-7-16-58(74-38)26-31(3)51-41(75-58)14-11-35(67-51)21-49(61)64-6/h28-29,31,33-48,51-57H,2,4,7-27H2,1,3,5-6H3/t29-,31+,33?,34?,35+,36?,37?,38?,39?,40+,41+,42?,43?,44+,45-,46?,47-,48-,51+,52?,53+,54-,55?,56?,57+,58-,59+/m1/s1. The van der Waals surface area contributed by atoms with E-state index >= 15 is 0 Å². The van der Waals surface area contributed by atoms with E-state index in [1.807, 2.05) is 0 Å². The van der Waals surface area contributed by atoms with Crippen molar-refractivity contribution in [2.45, 2.75) is 295 Å². The van der Waals surface area contributed by atoms with Gasteiger partial charge in [0.2, 0.25) is 0 Å². The average molecular weight is 1080 g/mol. The van der Waals surface area contributed by atoms with Gasteiger partial charge in [-0.2, -0.15) is 0 Å². The number of rotatable bonds is 7. The maximum Gasteiger partial charge on any atom is 0.308 e. The van der Waals surface area contributed by atoms with Crippen molar-refractivity contribution in [3.05, 3.63) is 24.3 Å². The van der Waals surface area contributed by atoms with Crippen molar-refractivity contribution < 1.29 is 85.4 Å². The molecule has 14 aliphatic heterocycles. The van der Waals surface area contributed by atoms with Crippen molar-refractivity contribution in [1.82, 2.24) is 0 Å². The van der Waals surface area contributed by atoms with Gasteiger partial charge in [-0.25, -0.2) is 0 Å². The summed E-state index contributed by atoms with van der Waals surface area (Å²) in [6, 6.07) is 0. The monoisotopic (exact) mass is 1080 g/mol. The number of methoxy groups -OCH3 is 2. The Morgan fingerprint density at radius 1 is 0.623 bits per heavy atom. The Morgan fingerprint density at radius 2 is 1.38 bits per heavy atom. The summed E-state index contributed by atoms with van der Waals surface area (Å²) in [5, 5.41) is 0. The molecule has 0 radical (unpaired) electrons. The Morgan fingerprint density at radius 3 is 2.22 bits per heavy atom. The summed E-state index contributed by atoms with van der Waals surface area (Å²) in [6.07, 6.45) is 7.58. The van der Waals surface area contributed by atoms with Crippen molar-refractivity contribution in [3.8, 4) is 0 Å². The molecule has 0 aromatic rings. The first-order chi connectivity index (χ1) is 37.2. The van der Waals surface area contributed by atoms with Crippen molar-refractivity contribution >= 4 is 18.2 Å². The predicted molar refractivity (Wildman–Crippen MR) is 270 cm³/mol. The van der Waals surface area contributed by atoms with Gasteiger partial charge >= 0.3 is 11.9 Å². The summed E-state index contributed by atoms with van der Waals surface area (Å²) in [7, 11) is 3.07. The number of hydrogen-bond donors (Lipinski definition) is 0. The van der Waals surface area contributed by atoms with Gasteiger partial charge in [0.05, 0.1) is 118 Å². The molecule has 77 heavy (non-hydrogen) atoms. The van der Waals surface area contributed by atoms with Crippen LogP contribution in [0.3, 0.4) is 0 Å². The third kappa shape index (κ3) is 10.5. The molecule has 14 aliphatic rings. The van der Waals surface area contributed by atoms with Gasteiger partial charge in [-0.05, 0) is 100 Å². The molecule has 12 unspecified atom stereocenters. The molecule has 18 nitrogen and oxygen atoms in total. The second-order valence-electron chi connectivity index (χ2n) is 25.6. The maximum atomic E-state index is 14.5. The molecule has 18 heteroatoms. The zero-order chi connectivity index (χ0) is 52.9. The minimum Gasteiger partial charge on any atom is -0.469 e. The number of hydrogen-bond acceptors (Lipinski definition) is 18. The molecule has 0 aromatic heterocycles. The highest BCUT2D eigenvalue weighted by molar-refractivity contribution is 5.70. The largest absolute Gasteiger partial charge is 0.469 e. The Hall–Kier alpha value is -2.43. The normalized spacial score (nSPS) is 51.8. The first-order valence-corrected chi connectivity index (χ1v) is 29.8. The molecule has 27 atom stereocenters. The van der Waals surface area contributed by atoms with Gasteiger partial charge in [0, 0.05) is 58.0 Å². The van der Waals surface area contributed by atoms with Crippen molar-refractivity contribution in [1.29, 1.82) is 0 Å². The van der Waals surface area contributed by atoms with Crippen LogP contribution >= 0.6 is 0 Å². The molecular weight excluding hydrogens is 997 g/mol. The summed E-state index contributed by atoms with van der Waals surface area (Å²) in [5.41, 5.74) is 2.13. The topological polar surface area (TPSA) is 190 Å². The fourth-order valence-electron chi connectivity index (χ4n) is 16.6. The molecule has 0 saturated carbocycles. The number of esters is 2. The highest BCUT2D eigenvalue weighted by atomic mass is 16.8. The van der Waals surface area contributed by atoms with Crippen LogP contribution in [0.2, 0.25) is 0 Å². The fraction of sp³-hybridized carbons (Fsp3) is 0.881. The highest BCUT2D eigenvalue weighted by Gasteiger charge is 2.69. The van der Waals surface area contributed by atoms with Crippen LogP contribution in [0, 0.1) is 17.8 Å². The van der Waals surface area contributed by atoms with Crippen LogP contribution in [0.4, 0.5) is 0 Å². The van der Waals surface area contributed by atoms with Crippen LogP contribution in [-0.2, 0) is 85.4 Å². The number of fused-ring (bicyclic) bond motifs is 8. The van der Waals surface area contributed by atoms with Gasteiger partial charge in [-0.1, -0.05) is 27.0 Å². The van der Waals surface area contributed by atoms with Crippen LogP contribution in [-0.4, -0.2) is 178 Å². The molecule has 0 amide bonds. The minimum absolute atomic E-state index is 0.0104. The van der Waals surface area contributed by atoms with E-state index in [4.69, 9.17) is 71.1 Å². The third-order valence-electron chi connectivity index (χ3n) is 20.4. The molecule has 14 heterocycles. The maximum absolute atomic E-state index is 14.5. The van der Waals surface area contributed by atoms with E-state index in [1.54, 1.807) is 7.11 Å². The molecular formula is C59H84O18. The lowest BCUT2D eigenvalue weighted by Crippen LogP contribution is -2.61. The molecule has 14 fully saturated rings. The third-order valence-corrected chi connectivity index (χ3v) is 20.4. The number of ether oxygens (including phenoxy) is 15. The molecule has 12 bridgehead atoms. The van der Waals surface area contributed by atoms with E-state index in [0.717, 1.165) is 75.2 Å². The number of carbonyl (C=O) groups is 3. The van der Waals surface area contributed by atoms with Gasteiger partial charge in [-0.3, -0.25) is 9.59 Å². The summed E-state index contributed by atoms with van der Waals surface area (Å²) in [4.78, 5) is 39.9. The van der Waals surface area contributed by atoms with Crippen molar-refractivity contribution in [2.75, 3.05) is 14.2 Å². The zero-order valence-corrected chi connectivity index (χ0v) is 45.6. The predicted octanol–water partition coefficient (Wildman–Crippen LogP) is 6.62. The van der Waals surface area contributed by atoms with Gasteiger partial charge < -0.3 is 75.8 Å². The van der Waals surface area contributed by atoms with Crippen molar-refractivity contribution in [2.24, 2.45) is 17.8 Å². The van der Waals surface area contributed by atoms with Crippen LogP contribution in [0.15, 0.2) is 24.3 Å². The Bertz CT molecular complexity index is 2210. The van der Waals surface area contributed by atoms with E-state index in [1.165, 1.54) is 7.11 Å². The number of aldehydes is 1. The number of carbonyl (C=O) groups excluding carboxylic acids is 3. The average Bonchev–Trinajstić information content (AvgIpc) is 4.25. The summed E-state index contributed by atoms with van der Waals surface area (Å²) >= 11 is 0. The van der Waals surface area contributed by atoms with Gasteiger partial charge in [0.15, 0.2) is 11.6 Å². The summed E-state index contributed by atoms with van der Waals surface area (Å²) < 4.78 is 99.9. The van der Waals surface area contributed by atoms with Gasteiger partial charge in [-0.15, -0.1) is 0 Å². The molecule has 428 valence electrons. The van der Waals surface area contributed by atoms with Gasteiger partial charge in [0.25, 0.3) is 0 Å². The Labute approximate surface area is 453 Å². The van der Waals surface area contributed by atoms with E-state index in [9.17, 15) is 14.4 Å². The first kappa shape index (κ1) is 53.9. The van der Waals surface area contributed by atoms with Crippen LogP contribution < -0.4 is 0 Å². The van der Waals surface area contributed by atoms with Crippen LogP contribution in [0.5, 0.6) is 0 Å². The minimum atomic E-state index is -0.839. The second-order valence-corrected chi connectivity index (χ2v) is 25.6. The molecule has 14 saturated heterocycles. The summed E-state index contributed by atoms with van der Waals surface area (Å²) in [6.45, 7) is 13.4. The lowest BCUT2D eigenvalue weighted by Gasteiger charge is -2.53. The fourth-order valence-corrected chi connectivity index (χ4v) is 16.6. The van der Waals surface area contributed by atoms with E-state index in [2.05, 4.69) is 27.0 Å². The summed E-state index contributed by atoms with van der Waals surface area (Å²) in [5.74, 6) is -2.48. The van der Waals surface area contributed by atoms with E-state index < -0.39 is 66.3 Å². The molecule has 0 N–H and O–H groups in total. The molecule has 2 spiro atoms. The molecule has 14 rings (SSSR count). The van der Waals surface area contributed by atoms with E-state index in [-0.39, 0.29) is 122 Å². The quantitative estimate of drug-likeness (QED) is 0.150. The Kier molecular flexibility index (Phi) is 15.2. The first-order valence-electron chi connectivity index (χ1n) is 29.8. The highest BCUT2D eigenvalue weighted by Crippen LogP contribution is 2.55. The lowest BCUT2D eigenvalue weighted by molar-refractivity contribution is -0.354. The lowest BCUT2D eigenvalue weighted by atomic mass is 9.80. The van der Waals surface area contributed by atoms with Gasteiger partial charge in [0.1, 0.15) is 42.9 Å². The van der Waals surface area contributed by atoms with Crippen molar-refractivity contribution in [3.63, 3.8) is 0 Å². The second kappa shape index (κ2) is 21.7. The van der Waals surface area contributed by atoms with Crippen LogP contribution in [0.1, 0.15) is 149 Å². The van der Waals surface area contributed by atoms with Crippen LogP contribution in [0.25, 0.3) is 0 Å². The molecule has 0 aromatic carbocycles.